The van der Waals surface area contributed by atoms with Crippen LogP contribution in [0.15, 0.2) is 21.7 Å². The zero-order chi connectivity index (χ0) is 12.3. The minimum absolute atomic E-state index is 0.380. The van der Waals surface area contributed by atoms with Crippen LogP contribution in [0.4, 0.5) is 0 Å². The van der Waals surface area contributed by atoms with Gasteiger partial charge in [-0.25, -0.2) is 9.48 Å². The van der Waals surface area contributed by atoms with E-state index in [0.717, 1.165) is 23.9 Å². The van der Waals surface area contributed by atoms with Crippen LogP contribution in [0.3, 0.4) is 0 Å². The van der Waals surface area contributed by atoms with Crippen molar-refractivity contribution in [2.24, 2.45) is 0 Å². The van der Waals surface area contributed by atoms with Crippen molar-refractivity contribution < 1.29 is 14.6 Å². The average molecular weight is 228 g/mol. The van der Waals surface area contributed by atoms with Crippen molar-refractivity contribution in [3.8, 4) is 0 Å². The predicted molar refractivity (Wildman–Crippen MR) is 54.0 cm³/mol. The lowest BCUT2D eigenvalue weighted by Gasteiger charge is -2.20. The maximum absolute atomic E-state index is 11.3. The highest BCUT2D eigenvalue weighted by Gasteiger charge is 2.32. The number of H-pyrrole nitrogens is 1. The first-order valence-corrected chi connectivity index (χ1v) is 4.48. The summed E-state index contributed by atoms with van der Waals surface area (Å²) in [5.41, 5.74) is -2.90. The summed E-state index contributed by atoms with van der Waals surface area (Å²) in [5, 5.41) is 11.9. The Hall–Kier alpha value is -1.89. The number of aromatic amines is 1. The van der Waals surface area contributed by atoms with E-state index in [1.807, 2.05) is 0 Å². The van der Waals surface area contributed by atoms with Gasteiger partial charge in [0.05, 0.1) is 13.7 Å². The summed E-state index contributed by atoms with van der Waals surface area (Å²) >= 11 is 0. The van der Waals surface area contributed by atoms with Gasteiger partial charge >= 0.3 is 5.97 Å². The molecule has 0 aliphatic heterocycles. The number of carbonyl (C=O) groups is 1. The van der Waals surface area contributed by atoms with Gasteiger partial charge in [-0.05, 0) is 6.92 Å². The van der Waals surface area contributed by atoms with Gasteiger partial charge in [0.15, 0.2) is 5.60 Å². The molecular weight excluding hydrogens is 216 g/mol. The quantitative estimate of drug-likeness (QED) is 0.610. The standard InChI is InChI=1S/C9H12N2O5/c1-9(15,8(14)16-2)5-11-7(13)4-3-6(12)10-11/h3-4,15H,5H2,1-2H3,(H,10,12). The second kappa shape index (κ2) is 4.31. The highest BCUT2D eigenvalue weighted by Crippen LogP contribution is 2.06. The number of ether oxygens (including phenoxy) is 1. The molecule has 0 saturated carbocycles. The lowest BCUT2D eigenvalue weighted by Crippen LogP contribution is -2.44. The molecule has 0 saturated heterocycles. The molecule has 1 heterocycles. The van der Waals surface area contributed by atoms with Gasteiger partial charge < -0.3 is 9.84 Å². The van der Waals surface area contributed by atoms with Crippen LogP contribution in [0.1, 0.15) is 6.92 Å². The van der Waals surface area contributed by atoms with Crippen LogP contribution in [-0.4, -0.2) is 33.6 Å². The molecule has 0 bridgehead atoms. The van der Waals surface area contributed by atoms with Crippen molar-refractivity contribution in [3.63, 3.8) is 0 Å². The molecule has 0 aliphatic rings. The van der Waals surface area contributed by atoms with E-state index in [1.54, 1.807) is 0 Å². The van der Waals surface area contributed by atoms with Crippen LogP contribution in [0.2, 0.25) is 0 Å². The Morgan fingerprint density at radius 2 is 2.19 bits per heavy atom. The van der Waals surface area contributed by atoms with Gasteiger partial charge in [0.1, 0.15) is 0 Å². The number of esters is 1. The highest BCUT2D eigenvalue weighted by atomic mass is 16.5. The lowest BCUT2D eigenvalue weighted by atomic mass is 10.1. The summed E-state index contributed by atoms with van der Waals surface area (Å²) in [6.07, 6.45) is 0. The summed E-state index contributed by atoms with van der Waals surface area (Å²) in [5.74, 6) is -0.885. The predicted octanol–water partition coefficient (Wildman–Crippen LogP) is -1.54. The van der Waals surface area contributed by atoms with E-state index in [1.165, 1.54) is 6.92 Å². The molecule has 88 valence electrons. The van der Waals surface area contributed by atoms with E-state index in [4.69, 9.17) is 0 Å². The van der Waals surface area contributed by atoms with E-state index in [2.05, 4.69) is 9.84 Å². The van der Waals surface area contributed by atoms with Crippen molar-refractivity contribution in [1.29, 1.82) is 0 Å². The number of hydrogen-bond acceptors (Lipinski definition) is 5. The number of nitrogens with one attached hydrogen (secondary N) is 1. The van der Waals surface area contributed by atoms with Crippen molar-refractivity contribution in [1.82, 2.24) is 9.78 Å². The Balaban J connectivity index is 3.05. The molecule has 0 spiro atoms. The molecule has 1 aromatic rings. The van der Waals surface area contributed by atoms with Crippen molar-refractivity contribution >= 4 is 5.97 Å². The minimum Gasteiger partial charge on any atom is -0.467 e. The number of aromatic nitrogens is 2. The fourth-order valence-electron chi connectivity index (χ4n) is 1.17. The zero-order valence-electron chi connectivity index (χ0n) is 8.89. The molecule has 1 unspecified atom stereocenters. The molecule has 0 fully saturated rings. The van der Waals surface area contributed by atoms with Crippen LogP contribution >= 0.6 is 0 Å². The van der Waals surface area contributed by atoms with Crippen LogP contribution in [-0.2, 0) is 16.1 Å². The Bertz CT molecular complexity index is 499. The second-order valence-corrected chi connectivity index (χ2v) is 3.50. The minimum atomic E-state index is -1.87. The Labute approximate surface area is 90.3 Å². The van der Waals surface area contributed by atoms with Gasteiger partial charge in [-0.3, -0.25) is 14.7 Å². The molecule has 2 N–H and O–H groups in total. The third kappa shape index (κ3) is 2.57. The molecule has 16 heavy (non-hydrogen) atoms. The van der Waals surface area contributed by atoms with E-state index in [0.29, 0.717) is 0 Å². The van der Waals surface area contributed by atoms with E-state index >= 15 is 0 Å². The monoisotopic (exact) mass is 228 g/mol. The van der Waals surface area contributed by atoms with Crippen molar-refractivity contribution in [3.05, 3.63) is 32.8 Å². The lowest BCUT2D eigenvalue weighted by molar-refractivity contribution is -0.162. The van der Waals surface area contributed by atoms with Gasteiger partial charge in [-0.2, -0.15) is 0 Å². The second-order valence-electron chi connectivity index (χ2n) is 3.50. The summed E-state index contributed by atoms with van der Waals surface area (Å²) in [6, 6.07) is 2.11. The fourth-order valence-corrected chi connectivity index (χ4v) is 1.17. The number of nitrogens with zero attached hydrogens (tertiary/aromatic N) is 1. The third-order valence-electron chi connectivity index (χ3n) is 1.98. The number of rotatable bonds is 3. The maximum atomic E-state index is 11.3. The summed E-state index contributed by atoms with van der Waals surface area (Å²) in [7, 11) is 1.12. The topological polar surface area (TPSA) is 101 Å². The van der Waals surface area contributed by atoms with Crippen LogP contribution < -0.4 is 11.1 Å². The first kappa shape index (κ1) is 12.2. The summed E-state index contributed by atoms with van der Waals surface area (Å²) in [6.45, 7) is 0.811. The first-order chi connectivity index (χ1) is 7.36. The molecule has 0 aliphatic carbocycles. The van der Waals surface area contributed by atoms with Crippen LogP contribution in [0, 0.1) is 0 Å². The smallest absolute Gasteiger partial charge is 0.339 e. The number of hydrogen-bond donors (Lipinski definition) is 2. The SMILES string of the molecule is COC(=O)C(C)(O)Cn1[nH]c(=O)ccc1=O. The highest BCUT2D eigenvalue weighted by molar-refractivity contribution is 5.78. The normalized spacial score (nSPS) is 14.2. The van der Waals surface area contributed by atoms with Gasteiger partial charge in [0.25, 0.3) is 11.1 Å². The van der Waals surface area contributed by atoms with Crippen LogP contribution in [0.5, 0.6) is 0 Å². The summed E-state index contributed by atoms with van der Waals surface area (Å²) < 4.78 is 5.21. The van der Waals surface area contributed by atoms with Gasteiger partial charge in [-0.15, -0.1) is 0 Å². The Kier molecular flexibility index (Phi) is 3.28. The zero-order valence-corrected chi connectivity index (χ0v) is 8.89. The summed E-state index contributed by atoms with van der Waals surface area (Å²) in [4.78, 5) is 33.4. The molecule has 1 aromatic heterocycles. The molecular formula is C9H12N2O5. The van der Waals surface area contributed by atoms with E-state index < -0.39 is 22.7 Å². The Morgan fingerprint density at radius 1 is 1.56 bits per heavy atom. The molecule has 1 rings (SSSR count). The number of carbonyl (C=O) groups excluding carboxylic acids is 1. The van der Waals surface area contributed by atoms with E-state index in [-0.39, 0.29) is 6.54 Å². The molecule has 7 heteroatoms. The molecule has 7 nitrogen and oxygen atoms in total. The van der Waals surface area contributed by atoms with Crippen LogP contribution in [0.25, 0.3) is 0 Å². The Morgan fingerprint density at radius 3 is 2.75 bits per heavy atom. The molecule has 0 aromatic carbocycles. The van der Waals surface area contributed by atoms with E-state index in [9.17, 15) is 19.5 Å². The fraction of sp³-hybridized carbons (Fsp3) is 0.444. The third-order valence-corrected chi connectivity index (χ3v) is 1.98. The maximum Gasteiger partial charge on any atom is 0.339 e. The first-order valence-electron chi connectivity index (χ1n) is 4.48. The molecule has 0 amide bonds. The van der Waals surface area contributed by atoms with Gasteiger partial charge in [-0.1, -0.05) is 0 Å². The number of aliphatic hydroxyl groups is 1. The molecule has 1 atom stereocenters. The van der Waals surface area contributed by atoms with Crippen molar-refractivity contribution in [2.45, 2.75) is 19.1 Å². The average Bonchev–Trinajstić information content (AvgIpc) is 2.22. The van der Waals surface area contributed by atoms with Crippen molar-refractivity contribution in [2.75, 3.05) is 7.11 Å². The largest absolute Gasteiger partial charge is 0.467 e. The van der Waals surface area contributed by atoms with Gasteiger partial charge in [0, 0.05) is 12.1 Å². The molecule has 0 radical (unpaired) electrons. The number of methoxy groups -OCH3 is 1. The van der Waals surface area contributed by atoms with Gasteiger partial charge in [0.2, 0.25) is 0 Å².